The highest BCUT2D eigenvalue weighted by molar-refractivity contribution is 7.81. The summed E-state index contributed by atoms with van der Waals surface area (Å²) in [6, 6.07) is 5.76. The highest BCUT2D eigenvalue weighted by Gasteiger charge is 1.98. The van der Waals surface area contributed by atoms with Crippen LogP contribution in [-0.2, 0) is 0 Å². The fourth-order valence-electron chi connectivity index (χ4n) is 0.734. The smallest absolute Gasteiger partial charge is 0.0675 e. The molecule has 10 heavy (non-hydrogen) atoms. The van der Waals surface area contributed by atoms with E-state index in [1.165, 1.54) is 0 Å². The van der Waals surface area contributed by atoms with Gasteiger partial charge in [-0.2, -0.15) is 0 Å². The van der Waals surface area contributed by atoms with E-state index in [1.54, 1.807) is 0 Å². The first-order chi connectivity index (χ1) is 4.75. The lowest BCUT2D eigenvalue weighted by molar-refractivity contribution is 1.47. The molecule has 1 nitrogen and oxygen atoms in total. The molecule has 1 rings (SSSR count). The summed E-state index contributed by atoms with van der Waals surface area (Å²) in [6.07, 6.45) is 0. The van der Waals surface area contributed by atoms with Crippen LogP contribution in [-0.4, -0.2) is 0 Å². The summed E-state index contributed by atoms with van der Waals surface area (Å²) >= 11 is 9.77. The number of thiol groups is 1. The van der Waals surface area contributed by atoms with E-state index in [4.69, 9.17) is 11.6 Å². The Hall–Kier alpha value is -0.340. The molecule has 0 radical (unpaired) electrons. The topological polar surface area (TPSA) is 12.0 Å². The highest BCUT2D eigenvalue weighted by Crippen LogP contribution is 2.25. The fraction of sp³-hybridized carbons (Fsp3) is 0.143. The van der Waals surface area contributed by atoms with E-state index in [0.717, 1.165) is 16.3 Å². The lowest BCUT2D eigenvalue weighted by Crippen LogP contribution is -1.83. The standard InChI is InChI=1S/C7H8ClNS/c1-5-3-2-4-6(9-10)7(5)8/h2-4,9-10H,1H3. The van der Waals surface area contributed by atoms with Gasteiger partial charge in [0.1, 0.15) is 0 Å². The summed E-state index contributed by atoms with van der Waals surface area (Å²) in [5, 5.41) is 0.734. The Balaban J connectivity index is 3.14. The summed E-state index contributed by atoms with van der Waals surface area (Å²) in [4.78, 5) is 0. The second-order valence-corrected chi connectivity index (χ2v) is 2.65. The van der Waals surface area contributed by atoms with Crippen LogP contribution in [0.25, 0.3) is 0 Å². The summed E-state index contributed by atoms with van der Waals surface area (Å²) in [5.74, 6) is 0. The lowest BCUT2D eigenvalue weighted by atomic mass is 10.2. The van der Waals surface area contributed by atoms with Crippen LogP contribution in [0.15, 0.2) is 18.2 Å². The van der Waals surface area contributed by atoms with Crippen LogP contribution in [0, 0.1) is 6.92 Å². The van der Waals surface area contributed by atoms with Crippen molar-refractivity contribution in [3.05, 3.63) is 28.8 Å². The minimum Gasteiger partial charge on any atom is -0.331 e. The van der Waals surface area contributed by atoms with Crippen molar-refractivity contribution >= 4 is 30.1 Å². The maximum Gasteiger partial charge on any atom is 0.0675 e. The molecule has 0 saturated heterocycles. The lowest BCUT2D eigenvalue weighted by Gasteiger charge is -2.03. The SMILES string of the molecule is Cc1cccc(NS)c1Cl. The van der Waals surface area contributed by atoms with Crippen molar-refractivity contribution in [1.82, 2.24) is 0 Å². The third kappa shape index (κ3) is 1.39. The maximum absolute atomic E-state index is 5.88. The number of halogens is 1. The fourth-order valence-corrected chi connectivity index (χ4v) is 1.16. The molecule has 1 N–H and O–H groups in total. The summed E-state index contributed by atoms with van der Waals surface area (Å²) in [7, 11) is 0. The van der Waals surface area contributed by atoms with Crippen molar-refractivity contribution in [2.24, 2.45) is 0 Å². The molecule has 0 aromatic heterocycles. The minimum atomic E-state index is 0.734. The maximum atomic E-state index is 5.88. The van der Waals surface area contributed by atoms with Gasteiger partial charge in [0.25, 0.3) is 0 Å². The predicted molar refractivity (Wildman–Crippen MR) is 48.8 cm³/mol. The van der Waals surface area contributed by atoms with E-state index in [2.05, 4.69) is 17.5 Å². The monoisotopic (exact) mass is 173 g/mol. The van der Waals surface area contributed by atoms with Gasteiger partial charge < -0.3 is 4.72 Å². The van der Waals surface area contributed by atoms with Crippen LogP contribution < -0.4 is 4.72 Å². The van der Waals surface area contributed by atoms with Crippen molar-refractivity contribution in [2.75, 3.05) is 4.72 Å². The number of aryl methyl sites for hydroxylation is 1. The van der Waals surface area contributed by atoms with Crippen LogP contribution in [0.3, 0.4) is 0 Å². The molecular weight excluding hydrogens is 166 g/mol. The average molecular weight is 174 g/mol. The first-order valence-corrected chi connectivity index (χ1v) is 3.73. The Morgan fingerprint density at radius 1 is 1.50 bits per heavy atom. The summed E-state index contributed by atoms with van der Waals surface area (Å²) in [5.41, 5.74) is 1.91. The zero-order valence-electron chi connectivity index (χ0n) is 5.56. The molecule has 1 aromatic carbocycles. The van der Waals surface area contributed by atoms with Gasteiger partial charge >= 0.3 is 0 Å². The average Bonchev–Trinajstić information content (AvgIpc) is 1.95. The molecule has 0 atom stereocenters. The van der Waals surface area contributed by atoms with Crippen LogP contribution in [0.4, 0.5) is 5.69 Å². The summed E-state index contributed by atoms with van der Waals surface area (Å²) in [6.45, 7) is 1.96. The number of nitrogens with one attached hydrogen (secondary N) is 1. The molecule has 54 valence electrons. The number of hydrogen-bond donors (Lipinski definition) is 2. The van der Waals surface area contributed by atoms with Crippen LogP contribution in [0.5, 0.6) is 0 Å². The van der Waals surface area contributed by atoms with Crippen molar-refractivity contribution in [2.45, 2.75) is 6.92 Å². The molecule has 1 aromatic rings. The van der Waals surface area contributed by atoms with Gasteiger partial charge in [0, 0.05) is 0 Å². The normalized spacial score (nSPS) is 9.50. The molecule has 3 heteroatoms. The van der Waals surface area contributed by atoms with Crippen molar-refractivity contribution < 1.29 is 0 Å². The van der Waals surface area contributed by atoms with E-state index < -0.39 is 0 Å². The Bertz CT molecular complexity index is 237. The second-order valence-electron chi connectivity index (χ2n) is 2.05. The van der Waals surface area contributed by atoms with E-state index in [9.17, 15) is 0 Å². The minimum absolute atomic E-state index is 0.734. The predicted octanol–water partition coefficient (Wildman–Crippen LogP) is 2.91. The van der Waals surface area contributed by atoms with Gasteiger partial charge in [-0.3, -0.25) is 0 Å². The quantitative estimate of drug-likeness (QED) is 0.623. The van der Waals surface area contributed by atoms with Gasteiger partial charge in [0.15, 0.2) is 0 Å². The number of hydrogen-bond acceptors (Lipinski definition) is 2. The summed E-state index contributed by atoms with van der Waals surface area (Å²) < 4.78 is 2.70. The molecule has 0 bridgehead atoms. The number of benzene rings is 1. The third-order valence-corrected chi connectivity index (χ3v) is 2.05. The van der Waals surface area contributed by atoms with Crippen molar-refractivity contribution in [3.63, 3.8) is 0 Å². The van der Waals surface area contributed by atoms with Gasteiger partial charge in [-0.25, -0.2) is 0 Å². The van der Waals surface area contributed by atoms with E-state index in [1.807, 2.05) is 25.1 Å². The van der Waals surface area contributed by atoms with Gasteiger partial charge in [-0.15, -0.1) is 0 Å². The van der Waals surface area contributed by atoms with Gasteiger partial charge in [-0.05, 0) is 18.6 Å². The first kappa shape index (κ1) is 7.76. The molecule has 0 amide bonds. The van der Waals surface area contributed by atoms with Crippen molar-refractivity contribution in [3.8, 4) is 0 Å². The molecule has 0 aliphatic carbocycles. The van der Waals surface area contributed by atoms with Crippen molar-refractivity contribution in [1.29, 1.82) is 0 Å². The van der Waals surface area contributed by atoms with Crippen LogP contribution in [0.2, 0.25) is 5.02 Å². The van der Waals surface area contributed by atoms with Crippen LogP contribution >= 0.6 is 24.4 Å². The molecule has 0 fully saturated rings. The Kier molecular flexibility index (Phi) is 2.46. The first-order valence-electron chi connectivity index (χ1n) is 2.91. The van der Waals surface area contributed by atoms with Gasteiger partial charge in [0.05, 0.1) is 10.7 Å². The Morgan fingerprint density at radius 3 is 2.70 bits per heavy atom. The zero-order chi connectivity index (χ0) is 7.56. The Labute approximate surface area is 70.9 Å². The molecule has 0 unspecified atom stereocenters. The third-order valence-electron chi connectivity index (χ3n) is 1.31. The highest BCUT2D eigenvalue weighted by atomic mass is 35.5. The molecular formula is C7H8ClNS. The molecule has 0 spiro atoms. The molecule has 0 aliphatic heterocycles. The van der Waals surface area contributed by atoms with Crippen LogP contribution in [0.1, 0.15) is 5.56 Å². The largest absolute Gasteiger partial charge is 0.331 e. The van der Waals surface area contributed by atoms with Gasteiger partial charge in [0.2, 0.25) is 0 Å². The zero-order valence-corrected chi connectivity index (χ0v) is 7.21. The molecule has 0 aliphatic rings. The molecule has 0 heterocycles. The van der Waals surface area contributed by atoms with E-state index in [-0.39, 0.29) is 0 Å². The van der Waals surface area contributed by atoms with E-state index >= 15 is 0 Å². The van der Waals surface area contributed by atoms with Gasteiger partial charge in [-0.1, -0.05) is 36.5 Å². The number of anilines is 1. The number of rotatable bonds is 1. The molecule has 0 saturated carbocycles. The Morgan fingerprint density at radius 2 is 2.20 bits per heavy atom. The second kappa shape index (κ2) is 3.17. The van der Waals surface area contributed by atoms with E-state index in [0.29, 0.717) is 0 Å².